The number of ether oxygens (including phenoxy) is 1. The van der Waals surface area contributed by atoms with Gasteiger partial charge in [0.15, 0.2) is 0 Å². The molecule has 1 amide bonds. The maximum Gasteiger partial charge on any atom is 0.308 e. The van der Waals surface area contributed by atoms with Gasteiger partial charge >= 0.3 is 5.97 Å². The largest absolute Gasteiger partial charge is 0.481 e. The predicted molar refractivity (Wildman–Crippen MR) is 82.7 cm³/mol. The van der Waals surface area contributed by atoms with E-state index in [9.17, 15) is 14.7 Å². The van der Waals surface area contributed by atoms with E-state index in [-0.39, 0.29) is 11.3 Å². The first-order valence-corrected chi connectivity index (χ1v) is 8.08. The minimum absolute atomic E-state index is 0.0310. The predicted octanol–water partition coefficient (Wildman–Crippen LogP) is 1.35. The average Bonchev–Trinajstić information content (AvgIpc) is 2.93. The van der Waals surface area contributed by atoms with E-state index in [0.29, 0.717) is 39.1 Å². The number of hydrogen-bond donors (Lipinski definition) is 1. The molecule has 2 aliphatic rings. The van der Waals surface area contributed by atoms with Crippen LogP contribution in [0.2, 0.25) is 0 Å². The third kappa shape index (κ3) is 3.37. The van der Waals surface area contributed by atoms with Crippen LogP contribution in [0.1, 0.15) is 24.8 Å². The molecule has 2 aliphatic heterocycles. The number of rotatable bonds is 4. The van der Waals surface area contributed by atoms with Crippen LogP contribution < -0.4 is 0 Å². The Hall–Kier alpha value is -1.95. The number of carbonyl (C=O) groups excluding carboxylic acids is 1. The number of carboxylic acids is 1. The molecule has 0 aliphatic carbocycles. The van der Waals surface area contributed by atoms with Crippen LogP contribution in [0.3, 0.4) is 0 Å². The Balaban J connectivity index is 1.64. The van der Waals surface area contributed by atoms with Crippen LogP contribution in [0, 0.1) is 11.3 Å². The number of pyridine rings is 1. The number of likely N-dealkylation sites (tertiary alicyclic amines) is 1. The van der Waals surface area contributed by atoms with Crippen molar-refractivity contribution in [2.24, 2.45) is 11.3 Å². The molecule has 1 spiro atoms. The molecule has 1 unspecified atom stereocenters. The van der Waals surface area contributed by atoms with Crippen LogP contribution in [0.25, 0.3) is 0 Å². The van der Waals surface area contributed by atoms with E-state index >= 15 is 0 Å². The van der Waals surface area contributed by atoms with Crippen molar-refractivity contribution in [2.75, 3.05) is 26.3 Å². The molecule has 23 heavy (non-hydrogen) atoms. The third-order valence-electron chi connectivity index (χ3n) is 5.14. The van der Waals surface area contributed by atoms with Gasteiger partial charge < -0.3 is 14.7 Å². The van der Waals surface area contributed by atoms with Gasteiger partial charge in [0.2, 0.25) is 5.91 Å². The Morgan fingerprint density at radius 3 is 2.83 bits per heavy atom. The van der Waals surface area contributed by atoms with Crippen molar-refractivity contribution in [3.8, 4) is 0 Å². The number of nitrogens with zero attached hydrogens (tertiary/aromatic N) is 2. The van der Waals surface area contributed by atoms with Crippen LogP contribution in [-0.2, 0) is 20.7 Å². The lowest BCUT2D eigenvalue weighted by molar-refractivity contribution is -0.146. The second-order valence-electron chi connectivity index (χ2n) is 6.50. The Morgan fingerprint density at radius 1 is 1.39 bits per heavy atom. The first-order chi connectivity index (χ1) is 11.1. The lowest BCUT2D eigenvalue weighted by Crippen LogP contribution is -2.40. The minimum Gasteiger partial charge on any atom is -0.481 e. The van der Waals surface area contributed by atoms with Gasteiger partial charge in [0.1, 0.15) is 0 Å². The van der Waals surface area contributed by atoms with Gasteiger partial charge in [-0.05, 0) is 30.9 Å². The molecule has 0 aromatic carbocycles. The molecule has 1 aromatic heterocycles. The van der Waals surface area contributed by atoms with Crippen LogP contribution in [0.15, 0.2) is 24.5 Å². The zero-order chi connectivity index (χ0) is 16.3. The van der Waals surface area contributed by atoms with Crippen molar-refractivity contribution in [3.05, 3.63) is 30.1 Å². The van der Waals surface area contributed by atoms with E-state index in [1.54, 1.807) is 17.3 Å². The van der Waals surface area contributed by atoms with Crippen molar-refractivity contribution >= 4 is 11.9 Å². The van der Waals surface area contributed by atoms with Crippen molar-refractivity contribution in [3.63, 3.8) is 0 Å². The number of aryl methyl sites for hydroxylation is 1. The van der Waals surface area contributed by atoms with Gasteiger partial charge in [0, 0.05) is 50.5 Å². The summed E-state index contributed by atoms with van der Waals surface area (Å²) in [6, 6.07) is 3.80. The van der Waals surface area contributed by atoms with Gasteiger partial charge in [-0.25, -0.2) is 0 Å². The normalized spacial score (nSPS) is 23.1. The topological polar surface area (TPSA) is 79.7 Å². The molecular formula is C17H22N2O4. The fourth-order valence-corrected chi connectivity index (χ4v) is 3.74. The zero-order valence-electron chi connectivity index (χ0n) is 13.1. The zero-order valence-corrected chi connectivity index (χ0v) is 13.1. The Kier molecular flexibility index (Phi) is 4.61. The quantitative estimate of drug-likeness (QED) is 0.906. The molecule has 124 valence electrons. The monoisotopic (exact) mass is 318 g/mol. The highest BCUT2D eigenvalue weighted by molar-refractivity contribution is 5.79. The summed E-state index contributed by atoms with van der Waals surface area (Å²) in [6.07, 6.45) is 5.93. The summed E-state index contributed by atoms with van der Waals surface area (Å²) < 4.78 is 5.38. The average molecular weight is 318 g/mol. The molecule has 3 rings (SSSR count). The number of carbonyl (C=O) groups is 2. The molecule has 1 aromatic rings. The number of hydrogen-bond acceptors (Lipinski definition) is 4. The molecule has 0 radical (unpaired) electrons. The first kappa shape index (κ1) is 15.9. The lowest BCUT2D eigenvalue weighted by Gasteiger charge is -2.36. The van der Waals surface area contributed by atoms with Crippen molar-refractivity contribution < 1.29 is 19.4 Å². The highest BCUT2D eigenvalue weighted by Gasteiger charge is 2.51. The van der Waals surface area contributed by atoms with E-state index in [2.05, 4.69) is 4.98 Å². The third-order valence-corrected chi connectivity index (χ3v) is 5.14. The smallest absolute Gasteiger partial charge is 0.308 e. The molecule has 1 N–H and O–H groups in total. The maximum absolute atomic E-state index is 12.5. The van der Waals surface area contributed by atoms with Crippen molar-refractivity contribution in [1.29, 1.82) is 0 Å². The Labute approximate surface area is 135 Å². The van der Waals surface area contributed by atoms with E-state index in [4.69, 9.17) is 4.74 Å². The van der Waals surface area contributed by atoms with Gasteiger partial charge in [-0.2, -0.15) is 0 Å². The standard InChI is InChI=1S/C17H22N2O4/c20-15(4-3-13-2-1-7-18-10-13)19-11-14(16(21)22)17(12-19)5-8-23-9-6-17/h1-2,7,10,14H,3-6,8-9,11-12H2,(H,21,22). The maximum atomic E-state index is 12.5. The molecule has 6 heteroatoms. The summed E-state index contributed by atoms with van der Waals surface area (Å²) in [5.74, 6) is -1.24. The SMILES string of the molecule is O=C(O)C1CN(C(=O)CCc2cccnc2)CC12CCOCC2. The van der Waals surface area contributed by atoms with Gasteiger partial charge in [0.05, 0.1) is 5.92 Å². The fourth-order valence-electron chi connectivity index (χ4n) is 3.74. The van der Waals surface area contributed by atoms with Crippen LogP contribution in [0.4, 0.5) is 0 Å². The number of aromatic nitrogens is 1. The second kappa shape index (κ2) is 6.66. The Morgan fingerprint density at radius 2 is 2.17 bits per heavy atom. The number of amides is 1. The fraction of sp³-hybridized carbons (Fsp3) is 0.588. The van der Waals surface area contributed by atoms with Gasteiger partial charge in [0.25, 0.3) is 0 Å². The van der Waals surface area contributed by atoms with Crippen molar-refractivity contribution in [1.82, 2.24) is 9.88 Å². The van der Waals surface area contributed by atoms with E-state index in [1.165, 1.54) is 0 Å². The molecular weight excluding hydrogens is 296 g/mol. The highest BCUT2D eigenvalue weighted by atomic mass is 16.5. The summed E-state index contributed by atoms with van der Waals surface area (Å²) in [5, 5.41) is 9.55. The molecule has 1 atom stereocenters. The van der Waals surface area contributed by atoms with E-state index in [1.807, 2.05) is 12.1 Å². The first-order valence-electron chi connectivity index (χ1n) is 8.08. The van der Waals surface area contributed by atoms with Crippen LogP contribution in [0.5, 0.6) is 0 Å². The molecule has 0 bridgehead atoms. The highest BCUT2D eigenvalue weighted by Crippen LogP contribution is 2.44. The van der Waals surface area contributed by atoms with Gasteiger partial charge in [-0.15, -0.1) is 0 Å². The number of aliphatic carboxylic acids is 1. The molecule has 6 nitrogen and oxygen atoms in total. The lowest BCUT2D eigenvalue weighted by atomic mass is 9.72. The van der Waals surface area contributed by atoms with E-state index in [0.717, 1.165) is 18.4 Å². The van der Waals surface area contributed by atoms with Gasteiger partial charge in [-0.3, -0.25) is 14.6 Å². The number of carboxylic acid groups (broad SMARTS) is 1. The minimum atomic E-state index is -0.797. The van der Waals surface area contributed by atoms with Crippen molar-refractivity contribution in [2.45, 2.75) is 25.7 Å². The Bertz CT molecular complexity index is 569. The summed E-state index contributed by atoms with van der Waals surface area (Å²) in [6.45, 7) is 2.03. The molecule has 3 heterocycles. The molecule has 2 saturated heterocycles. The van der Waals surface area contributed by atoms with Crippen LogP contribution >= 0.6 is 0 Å². The van der Waals surface area contributed by atoms with E-state index < -0.39 is 11.9 Å². The molecule has 0 saturated carbocycles. The van der Waals surface area contributed by atoms with Crippen LogP contribution in [-0.4, -0.2) is 53.2 Å². The summed E-state index contributed by atoms with van der Waals surface area (Å²) in [5.41, 5.74) is 0.712. The summed E-state index contributed by atoms with van der Waals surface area (Å²) in [4.78, 5) is 29.9. The summed E-state index contributed by atoms with van der Waals surface area (Å²) >= 11 is 0. The summed E-state index contributed by atoms with van der Waals surface area (Å²) in [7, 11) is 0. The van der Waals surface area contributed by atoms with Gasteiger partial charge in [-0.1, -0.05) is 6.07 Å². The molecule has 2 fully saturated rings. The second-order valence-corrected chi connectivity index (χ2v) is 6.50.